The number of hydrogen-bond acceptors (Lipinski definition) is 8. The van der Waals surface area contributed by atoms with Crippen LogP contribution in [0.25, 0.3) is 0 Å². The topological polar surface area (TPSA) is 131 Å². The summed E-state index contributed by atoms with van der Waals surface area (Å²) in [6.45, 7) is 1.44. The molecule has 8 nitrogen and oxygen atoms in total. The monoisotopic (exact) mass is 486 g/mol. The summed E-state index contributed by atoms with van der Waals surface area (Å²) in [7, 11) is -3.25. The molecule has 10 heteroatoms. The van der Waals surface area contributed by atoms with Crippen LogP contribution in [0.1, 0.15) is 28.6 Å². The number of sulfone groups is 1. The molecule has 1 unspecified atom stereocenters. The van der Waals surface area contributed by atoms with Gasteiger partial charge in [0.25, 0.3) is 0 Å². The van der Waals surface area contributed by atoms with Gasteiger partial charge in [-0.15, -0.1) is 11.3 Å². The van der Waals surface area contributed by atoms with Crippen molar-refractivity contribution in [1.82, 2.24) is 4.98 Å². The van der Waals surface area contributed by atoms with Crippen molar-refractivity contribution < 1.29 is 18.0 Å². The zero-order valence-electron chi connectivity index (χ0n) is 18.4. The predicted molar refractivity (Wildman–Crippen MR) is 130 cm³/mol. The Balaban J connectivity index is 1.74. The smallest absolute Gasteiger partial charge is 0.223 e. The summed E-state index contributed by atoms with van der Waals surface area (Å²) in [6, 6.07) is 14.5. The van der Waals surface area contributed by atoms with Gasteiger partial charge in [-0.1, -0.05) is 24.3 Å². The number of rotatable bonds is 10. The van der Waals surface area contributed by atoms with Crippen molar-refractivity contribution in [3.05, 3.63) is 70.2 Å². The van der Waals surface area contributed by atoms with Crippen LogP contribution < -0.4 is 16.4 Å². The molecule has 0 bridgehead atoms. The number of thiazole rings is 1. The van der Waals surface area contributed by atoms with Crippen molar-refractivity contribution in [2.45, 2.75) is 37.2 Å². The number of carbonyl (C=O) groups excluding carboxylic acids is 2. The summed E-state index contributed by atoms with van der Waals surface area (Å²) in [5, 5.41) is 6.18. The third-order valence-electron chi connectivity index (χ3n) is 4.86. The molecule has 2 aromatic carbocycles. The molecule has 4 N–H and O–H groups in total. The molecule has 0 aliphatic rings. The number of anilines is 2. The maximum atomic E-state index is 11.7. The predicted octanol–water partition coefficient (Wildman–Crippen LogP) is 2.78. The fraction of sp³-hybridized carbons (Fsp3) is 0.261. The minimum absolute atomic E-state index is 0.184. The van der Waals surface area contributed by atoms with E-state index in [2.05, 4.69) is 15.6 Å². The Hall–Kier alpha value is -3.08. The lowest BCUT2D eigenvalue weighted by Crippen LogP contribution is -2.30. The highest BCUT2D eigenvalue weighted by Crippen LogP contribution is 2.27. The normalized spacial score (nSPS) is 12.2. The Bertz CT molecular complexity index is 1220. The fourth-order valence-electron chi connectivity index (χ4n) is 3.22. The molecule has 0 saturated carbocycles. The van der Waals surface area contributed by atoms with Crippen LogP contribution in [0.15, 0.2) is 53.4 Å². The van der Waals surface area contributed by atoms with Gasteiger partial charge in [0, 0.05) is 30.2 Å². The van der Waals surface area contributed by atoms with Crippen molar-refractivity contribution >= 4 is 44.2 Å². The average Bonchev–Trinajstić information content (AvgIpc) is 3.13. The number of nitrogens with one attached hydrogen (secondary N) is 2. The molecule has 1 heterocycles. The van der Waals surface area contributed by atoms with Gasteiger partial charge >= 0.3 is 0 Å². The molecule has 174 valence electrons. The van der Waals surface area contributed by atoms with Crippen LogP contribution in [-0.2, 0) is 38.7 Å². The van der Waals surface area contributed by atoms with Gasteiger partial charge in [-0.3, -0.25) is 9.59 Å². The van der Waals surface area contributed by atoms with Gasteiger partial charge in [0.15, 0.2) is 21.3 Å². The van der Waals surface area contributed by atoms with Crippen molar-refractivity contribution in [2.24, 2.45) is 5.73 Å². The van der Waals surface area contributed by atoms with Crippen LogP contribution in [0.3, 0.4) is 0 Å². The van der Waals surface area contributed by atoms with Crippen molar-refractivity contribution in [3.8, 4) is 0 Å². The maximum absolute atomic E-state index is 11.7. The summed E-state index contributed by atoms with van der Waals surface area (Å²) in [4.78, 5) is 28.1. The first-order valence-electron chi connectivity index (χ1n) is 10.3. The highest BCUT2D eigenvalue weighted by Gasteiger charge is 2.14. The molecule has 0 radical (unpaired) electrons. The molecular formula is C23H26N4O4S2. The van der Waals surface area contributed by atoms with Crippen molar-refractivity contribution in [3.63, 3.8) is 0 Å². The molecule has 1 amide bonds. The lowest BCUT2D eigenvalue weighted by atomic mass is 10.0. The zero-order chi connectivity index (χ0) is 24.0. The summed E-state index contributed by atoms with van der Waals surface area (Å²) in [6.07, 6.45) is 3.08. The molecule has 3 aromatic rings. The Kier molecular flexibility index (Phi) is 7.96. The molecule has 33 heavy (non-hydrogen) atoms. The first kappa shape index (κ1) is 24.6. The first-order valence-corrected chi connectivity index (χ1v) is 13.0. The van der Waals surface area contributed by atoms with Crippen LogP contribution in [-0.4, -0.2) is 38.0 Å². The summed E-state index contributed by atoms with van der Waals surface area (Å²) >= 11 is 1.42. The molecule has 3 rings (SSSR count). The van der Waals surface area contributed by atoms with Gasteiger partial charge in [0.2, 0.25) is 5.91 Å². The fourth-order valence-corrected chi connectivity index (χ4v) is 4.94. The lowest BCUT2D eigenvalue weighted by molar-refractivity contribution is -0.114. The molecule has 1 aromatic heterocycles. The van der Waals surface area contributed by atoms with E-state index in [1.807, 2.05) is 24.3 Å². The van der Waals surface area contributed by atoms with Gasteiger partial charge < -0.3 is 16.4 Å². The second-order valence-corrected chi connectivity index (χ2v) is 10.8. The van der Waals surface area contributed by atoms with E-state index in [9.17, 15) is 18.0 Å². The van der Waals surface area contributed by atoms with Crippen molar-refractivity contribution in [1.29, 1.82) is 0 Å². The van der Waals surface area contributed by atoms with E-state index >= 15 is 0 Å². The number of aryl methyl sites for hydroxylation is 2. The Morgan fingerprint density at radius 1 is 1.09 bits per heavy atom. The van der Waals surface area contributed by atoms with E-state index in [0.717, 1.165) is 33.8 Å². The number of nitrogens with two attached hydrogens (primary N) is 1. The Morgan fingerprint density at radius 2 is 1.73 bits per heavy atom. The number of carbonyl (C=O) groups is 2. The molecule has 0 aliphatic heterocycles. The minimum Gasteiger partial charge on any atom is -0.364 e. The number of hydrogen-bond donors (Lipinski definition) is 3. The SMILES string of the molecule is CC(=O)Nc1nc(CCc2ccc(NC(N)C=O)cc2)c(Cc2ccc(S(C)(=O)=O)cc2)s1. The second kappa shape index (κ2) is 10.7. The highest BCUT2D eigenvalue weighted by atomic mass is 32.2. The van der Waals surface area contributed by atoms with Crippen LogP contribution in [0.2, 0.25) is 0 Å². The molecule has 1 atom stereocenters. The maximum Gasteiger partial charge on any atom is 0.223 e. The number of benzene rings is 2. The van der Waals surface area contributed by atoms with Gasteiger partial charge in [-0.05, 0) is 48.2 Å². The van der Waals surface area contributed by atoms with Crippen LogP contribution in [0.4, 0.5) is 10.8 Å². The summed E-state index contributed by atoms with van der Waals surface area (Å²) in [5.41, 5.74) is 9.29. The molecule has 0 spiro atoms. The minimum atomic E-state index is -3.25. The van der Waals surface area contributed by atoms with Crippen LogP contribution in [0.5, 0.6) is 0 Å². The van der Waals surface area contributed by atoms with E-state index in [0.29, 0.717) is 24.3 Å². The van der Waals surface area contributed by atoms with E-state index < -0.39 is 16.0 Å². The summed E-state index contributed by atoms with van der Waals surface area (Å²) in [5.74, 6) is -0.184. The third-order valence-corrected chi connectivity index (χ3v) is 7.00. The van der Waals surface area contributed by atoms with E-state index in [1.54, 1.807) is 24.3 Å². The molecule has 0 fully saturated rings. The standard InChI is InChI=1S/C23H26N4O4S2/c1-15(29)25-23-27-20(12-7-16-3-8-18(9-4-16)26-22(24)14-28)21(32-23)13-17-5-10-19(11-6-17)33(2,30)31/h3-6,8-11,14,22,26H,7,12-13,24H2,1-2H3,(H,25,27,29). The van der Waals surface area contributed by atoms with Gasteiger partial charge in [-0.2, -0.15) is 0 Å². The number of aldehydes is 1. The molecule has 0 saturated heterocycles. The Labute approximate surface area is 197 Å². The largest absolute Gasteiger partial charge is 0.364 e. The number of amides is 1. The number of nitrogens with zero attached hydrogens (tertiary/aromatic N) is 1. The highest BCUT2D eigenvalue weighted by molar-refractivity contribution is 7.90. The quantitative estimate of drug-likeness (QED) is 0.297. The van der Waals surface area contributed by atoms with E-state index in [1.165, 1.54) is 24.5 Å². The van der Waals surface area contributed by atoms with Gasteiger partial charge in [-0.25, -0.2) is 13.4 Å². The van der Waals surface area contributed by atoms with E-state index in [4.69, 9.17) is 5.73 Å². The van der Waals surface area contributed by atoms with Gasteiger partial charge in [0.05, 0.1) is 10.6 Å². The Morgan fingerprint density at radius 3 is 2.30 bits per heavy atom. The number of aromatic nitrogens is 1. The lowest BCUT2D eigenvalue weighted by Gasteiger charge is -2.09. The molecular weight excluding hydrogens is 460 g/mol. The van der Waals surface area contributed by atoms with E-state index in [-0.39, 0.29) is 10.8 Å². The van der Waals surface area contributed by atoms with Crippen LogP contribution >= 0.6 is 11.3 Å². The zero-order valence-corrected chi connectivity index (χ0v) is 20.0. The second-order valence-electron chi connectivity index (χ2n) is 7.67. The van der Waals surface area contributed by atoms with Crippen molar-refractivity contribution in [2.75, 3.05) is 16.9 Å². The summed E-state index contributed by atoms with van der Waals surface area (Å²) < 4.78 is 23.4. The molecule has 0 aliphatic carbocycles. The average molecular weight is 487 g/mol. The van der Waals surface area contributed by atoms with Crippen LogP contribution in [0, 0.1) is 0 Å². The third kappa shape index (κ3) is 7.21. The first-order chi connectivity index (χ1) is 15.6. The van der Waals surface area contributed by atoms with Gasteiger partial charge in [0.1, 0.15) is 6.17 Å².